The molecule has 2 nitrogen and oxygen atoms in total. The molecule has 0 unspecified atom stereocenters. The molecule has 9 heavy (non-hydrogen) atoms. The molecule has 54 valence electrons. The summed E-state index contributed by atoms with van der Waals surface area (Å²) < 4.78 is 0. The van der Waals surface area contributed by atoms with Crippen LogP contribution in [-0.2, 0) is 0 Å². The standard InChI is InChI=1S/C7H16N2/c1-8(2)9-6-4-3-5-7-9/h3-7H2,1-2H3. The van der Waals surface area contributed by atoms with Gasteiger partial charge in [0.15, 0.2) is 0 Å². The molecule has 1 fully saturated rings. The second-order valence-electron chi connectivity index (χ2n) is 2.86. The van der Waals surface area contributed by atoms with Crippen LogP contribution in [0.4, 0.5) is 0 Å². The maximum Gasteiger partial charge on any atom is 0.0133 e. The van der Waals surface area contributed by atoms with Gasteiger partial charge in [0.25, 0.3) is 0 Å². The molecule has 0 atom stereocenters. The van der Waals surface area contributed by atoms with E-state index in [2.05, 4.69) is 24.1 Å². The van der Waals surface area contributed by atoms with Crippen LogP contribution in [0.25, 0.3) is 0 Å². The Morgan fingerprint density at radius 3 is 1.89 bits per heavy atom. The summed E-state index contributed by atoms with van der Waals surface area (Å²) in [5.41, 5.74) is 0. The van der Waals surface area contributed by atoms with E-state index in [0.29, 0.717) is 0 Å². The lowest BCUT2D eigenvalue weighted by molar-refractivity contribution is 0.00746. The van der Waals surface area contributed by atoms with Crippen LogP contribution in [0.3, 0.4) is 0 Å². The lowest BCUT2D eigenvalue weighted by atomic mass is 10.2. The predicted molar refractivity (Wildman–Crippen MR) is 39.1 cm³/mol. The third-order valence-electron chi connectivity index (χ3n) is 1.90. The minimum atomic E-state index is 1.26. The van der Waals surface area contributed by atoms with Crippen molar-refractivity contribution in [2.24, 2.45) is 0 Å². The molecular weight excluding hydrogens is 112 g/mol. The lowest BCUT2D eigenvalue weighted by Crippen LogP contribution is -2.40. The summed E-state index contributed by atoms with van der Waals surface area (Å²) >= 11 is 0. The molecule has 1 aliphatic rings. The first-order chi connectivity index (χ1) is 4.30. The van der Waals surface area contributed by atoms with E-state index in [-0.39, 0.29) is 0 Å². The van der Waals surface area contributed by atoms with Crippen molar-refractivity contribution < 1.29 is 0 Å². The van der Waals surface area contributed by atoms with Gasteiger partial charge in [0.1, 0.15) is 0 Å². The Morgan fingerprint density at radius 1 is 1.00 bits per heavy atom. The summed E-state index contributed by atoms with van der Waals surface area (Å²) in [6, 6.07) is 0. The number of rotatable bonds is 1. The second-order valence-corrected chi connectivity index (χ2v) is 2.86. The Morgan fingerprint density at radius 2 is 1.56 bits per heavy atom. The SMILES string of the molecule is CN(C)N1CCCCC1. The molecule has 0 amide bonds. The van der Waals surface area contributed by atoms with E-state index in [1.165, 1.54) is 32.4 Å². The van der Waals surface area contributed by atoms with E-state index in [0.717, 1.165) is 0 Å². The fourth-order valence-corrected chi connectivity index (χ4v) is 1.28. The van der Waals surface area contributed by atoms with E-state index in [1.54, 1.807) is 0 Å². The van der Waals surface area contributed by atoms with Crippen molar-refractivity contribution in [3.05, 3.63) is 0 Å². The van der Waals surface area contributed by atoms with Crippen molar-refractivity contribution in [1.82, 2.24) is 10.0 Å². The Bertz CT molecular complexity index is 75.0. The smallest absolute Gasteiger partial charge is 0.0133 e. The van der Waals surface area contributed by atoms with Crippen molar-refractivity contribution in [2.45, 2.75) is 19.3 Å². The maximum absolute atomic E-state index is 2.39. The molecule has 1 heterocycles. The van der Waals surface area contributed by atoms with Gasteiger partial charge < -0.3 is 0 Å². The van der Waals surface area contributed by atoms with Crippen molar-refractivity contribution in [3.63, 3.8) is 0 Å². The van der Waals surface area contributed by atoms with Crippen molar-refractivity contribution in [3.8, 4) is 0 Å². The average molecular weight is 128 g/mol. The van der Waals surface area contributed by atoms with Crippen molar-refractivity contribution in [1.29, 1.82) is 0 Å². The summed E-state index contributed by atoms with van der Waals surface area (Å²) in [5.74, 6) is 0. The van der Waals surface area contributed by atoms with Crippen LogP contribution in [0.2, 0.25) is 0 Å². The Kier molecular flexibility index (Phi) is 2.49. The Labute approximate surface area is 57.4 Å². The fourth-order valence-electron chi connectivity index (χ4n) is 1.28. The van der Waals surface area contributed by atoms with E-state index in [4.69, 9.17) is 0 Å². The highest BCUT2D eigenvalue weighted by atomic mass is 15.6. The van der Waals surface area contributed by atoms with E-state index < -0.39 is 0 Å². The molecule has 0 aromatic carbocycles. The molecule has 0 aliphatic carbocycles. The molecule has 1 saturated heterocycles. The van der Waals surface area contributed by atoms with Crippen LogP contribution in [0.5, 0.6) is 0 Å². The average Bonchev–Trinajstić information content (AvgIpc) is 1.90. The Hall–Kier alpha value is -0.0800. The van der Waals surface area contributed by atoms with Crippen LogP contribution in [0.15, 0.2) is 0 Å². The highest BCUT2D eigenvalue weighted by molar-refractivity contribution is 4.59. The molecule has 0 saturated carbocycles. The summed E-state index contributed by atoms with van der Waals surface area (Å²) in [4.78, 5) is 0. The van der Waals surface area contributed by atoms with Crippen molar-refractivity contribution in [2.75, 3.05) is 27.2 Å². The number of hydrogen-bond donors (Lipinski definition) is 0. The van der Waals surface area contributed by atoms with Crippen LogP contribution in [0, 0.1) is 0 Å². The highest BCUT2D eigenvalue weighted by Gasteiger charge is 2.10. The molecule has 0 N–H and O–H groups in total. The summed E-state index contributed by atoms with van der Waals surface area (Å²) in [6.07, 6.45) is 4.17. The van der Waals surface area contributed by atoms with Gasteiger partial charge in [-0.15, -0.1) is 0 Å². The third-order valence-corrected chi connectivity index (χ3v) is 1.90. The molecule has 1 rings (SSSR count). The highest BCUT2D eigenvalue weighted by Crippen LogP contribution is 2.08. The monoisotopic (exact) mass is 128 g/mol. The lowest BCUT2D eigenvalue weighted by Gasteiger charge is -2.31. The number of nitrogens with zero attached hydrogens (tertiary/aromatic N) is 2. The zero-order chi connectivity index (χ0) is 6.69. The first-order valence-electron chi connectivity index (χ1n) is 3.73. The first-order valence-corrected chi connectivity index (χ1v) is 3.73. The molecule has 0 aromatic heterocycles. The zero-order valence-corrected chi connectivity index (χ0v) is 6.43. The summed E-state index contributed by atoms with van der Waals surface area (Å²) in [5, 5.41) is 4.59. The van der Waals surface area contributed by atoms with Gasteiger partial charge in [-0.3, -0.25) is 0 Å². The molecule has 0 spiro atoms. The van der Waals surface area contributed by atoms with E-state index in [9.17, 15) is 0 Å². The third kappa shape index (κ3) is 1.95. The molecular formula is C7H16N2. The van der Waals surface area contributed by atoms with Crippen LogP contribution < -0.4 is 0 Å². The topological polar surface area (TPSA) is 6.48 Å². The molecule has 0 aromatic rings. The number of piperidine rings is 1. The number of hydrazine groups is 1. The summed E-state index contributed by atoms with van der Waals surface area (Å²) in [6.45, 7) is 2.51. The van der Waals surface area contributed by atoms with Crippen molar-refractivity contribution >= 4 is 0 Å². The predicted octanol–water partition coefficient (Wildman–Crippen LogP) is 0.949. The zero-order valence-electron chi connectivity index (χ0n) is 6.43. The van der Waals surface area contributed by atoms with Crippen LogP contribution >= 0.6 is 0 Å². The second kappa shape index (κ2) is 3.18. The van der Waals surface area contributed by atoms with Gasteiger partial charge in [-0.2, -0.15) is 0 Å². The van der Waals surface area contributed by atoms with Gasteiger partial charge in [-0.25, -0.2) is 10.0 Å². The van der Waals surface area contributed by atoms with E-state index in [1.807, 2.05) is 0 Å². The van der Waals surface area contributed by atoms with Gasteiger partial charge in [0.05, 0.1) is 0 Å². The molecule has 0 bridgehead atoms. The minimum Gasteiger partial charge on any atom is -0.248 e. The number of hydrogen-bond acceptors (Lipinski definition) is 2. The van der Waals surface area contributed by atoms with Gasteiger partial charge in [0, 0.05) is 27.2 Å². The summed E-state index contributed by atoms with van der Waals surface area (Å²) in [7, 11) is 4.23. The largest absolute Gasteiger partial charge is 0.248 e. The van der Waals surface area contributed by atoms with E-state index >= 15 is 0 Å². The minimum absolute atomic E-state index is 1.26. The normalized spacial score (nSPS) is 23.0. The Balaban J connectivity index is 2.23. The maximum atomic E-state index is 2.39. The van der Waals surface area contributed by atoms with Crippen LogP contribution in [0.1, 0.15) is 19.3 Å². The molecule has 1 aliphatic heterocycles. The van der Waals surface area contributed by atoms with Gasteiger partial charge in [-0.1, -0.05) is 6.42 Å². The van der Waals surface area contributed by atoms with Gasteiger partial charge in [-0.05, 0) is 12.8 Å². The molecule has 0 radical (unpaired) electrons. The quantitative estimate of drug-likeness (QED) is 0.519. The van der Waals surface area contributed by atoms with Crippen LogP contribution in [-0.4, -0.2) is 37.2 Å². The van der Waals surface area contributed by atoms with Gasteiger partial charge in [0.2, 0.25) is 0 Å². The molecule has 2 heteroatoms. The van der Waals surface area contributed by atoms with Gasteiger partial charge >= 0.3 is 0 Å². The fraction of sp³-hybridized carbons (Fsp3) is 1.00. The first kappa shape index (κ1) is 7.03.